The fourth-order valence-corrected chi connectivity index (χ4v) is 3.25. The van der Waals surface area contributed by atoms with Gasteiger partial charge in [0.25, 0.3) is 0 Å². The number of rotatable bonds is 4. The van der Waals surface area contributed by atoms with Gasteiger partial charge >= 0.3 is 0 Å². The third-order valence-corrected chi connectivity index (χ3v) is 4.35. The smallest absolute Gasteiger partial charge is 0.137 e. The van der Waals surface area contributed by atoms with Crippen molar-refractivity contribution in [1.29, 1.82) is 0 Å². The second-order valence-electron chi connectivity index (χ2n) is 3.91. The van der Waals surface area contributed by atoms with Gasteiger partial charge in [-0.05, 0) is 39.7 Å². The van der Waals surface area contributed by atoms with E-state index in [1.165, 1.54) is 7.11 Å². The SMILES string of the molecule is COc1cc(N)ccc1S(=O)Cc1cncc(Br)c1. The van der Waals surface area contributed by atoms with Crippen LogP contribution in [0, 0.1) is 0 Å². The molecule has 1 aromatic heterocycles. The van der Waals surface area contributed by atoms with E-state index < -0.39 is 10.8 Å². The summed E-state index contributed by atoms with van der Waals surface area (Å²) in [6.07, 6.45) is 3.39. The second-order valence-corrected chi connectivity index (χ2v) is 6.25. The molecule has 0 spiro atoms. The van der Waals surface area contributed by atoms with Crippen molar-refractivity contribution in [3.63, 3.8) is 0 Å². The third-order valence-electron chi connectivity index (χ3n) is 2.49. The average Bonchev–Trinajstić information content (AvgIpc) is 2.38. The number of aromatic nitrogens is 1. The Labute approximate surface area is 122 Å². The van der Waals surface area contributed by atoms with Crippen LogP contribution in [-0.4, -0.2) is 16.3 Å². The Morgan fingerprint density at radius 3 is 2.84 bits per heavy atom. The molecule has 0 saturated heterocycles. The first-order valence-electron chi connectivity index (χ1n) is 5.51. The highest BCUT2D eigenvalue weighted by molar-refractivity contribution is 9.10. The van der Waals surface area contributed by atoms with Crippen molar-refractivity contribution < 1.29 is 8.95 Å². The van der Waals surface area contributed by atoms with Crippen LogP contribution < -0.4 is 10.5 Å². The van der Waals surface area contributed by atoms with E-state index in [2.05, 4.69) is 20.9 Å². The third kappa shape index (κ3) is 3.54. The Kier molecular flexibility index (Phi) is 4.55. The van der Waals surface area contributed by atoms with E-state index in [0.29, 0.717) is 22.1 Å². The predicted molar refractivity (Wildman–Crippen MR) is 79.5 cm³/mol. The lowest BCUT2D eigenvalue weighted by Gasteiger charge is -2.09. The van der Waals surface area contributed by atoms with Crippen LogP contribution in [-0.2, 0) is 16.6 Å². The van der Waals surface area contributed by atoms with Gasteiger partial charge in [0.15, 0.2) is 0 Å². The Balaban J connectivity index is 2.25. The zero-order valence-electron chi connectivity index (χ0n) is 10.3. The predicted octanol–water partition coefficient (Wildman–Crippen LogP) is 2.74. The van der Waals surface area contributed by atoms with Crippen LogP contribution in [0.2, 0.25) is 0 Å². The van der Waals surface area contributed by atoms with E-state index in [9.17, 15) is 4.21 Å². The largest absolute Gasteiger partial charge is 0.495 e. The van der Waals surface area contributed by atoms with Gasteiger partial charge in [0.05, 0.1) is 28.6 Å². The minimum Gasteiger partial charge on any atom is -0.495 e. The summed E-state index contributed by atoms with van der Waals surface area (Å²) in [6.45, 7) is 0. The lowest BCUT2D eigenvalue weighted by Crippen LogP contribution is -2.01. The summed E-state index contributed by atoms with van der Waals surface area (Å²) in [5, 5.41) is 0. The van der Waals surface area contributed by atoms with Gasteiger partial charge in [-0.2, -0.15) is 0 Å². The van der Waals surface area contributed by atoms with Crippen molar-refractivity contribution in [2.45, 2.75) is 10.6 Å². The number of benzene rings is 1. The highest BCUT2D eigenvalue weighted by Gasteiger charge is 2.12. The number of methoxy groups -OCH3 is 1. The van der Waals surface area contributed by atoms with E-state index in [0.717, 1.165) is 10.0 Å². The van der Waals surface area contributed by atoms with Gasteiger partial charge in [-0.25, -0.2) is 0 Å². The molecule has 1 atom stereocenters. The van der Waals surface area contributed by atoms with E-state index in [-0.39, 0.29) is 0 Å². The fourth-order valence-electron chi connectivity index (χ4n) is 1.64. The molecule has 1 heterocycles. The van der Waals surface area contributed by atoms with Crippen molar-refractivity contribution in [3.05, 3.63) is 46.7 Å². The number of pyridine rings is 1. The van der Waals surface area contributed by atoms with E-state index in [1.807, 2.05) is 6.07 Å². The van der Waals surface area contributed by atoms with Gasteiger partial charge in [-0.3, -0.25) is 9.19 Å². The van der Waals surface area contributed by atoms with Gasteiger partial charge in [0, 0.05) is 28.6 Å². The maximum absolute atomic E-state index is 12.4. The number of hydrogen-bond acceptors (Lipinski definition) is 4. The van der Waals surface area contributed by atoms with Crippen LogP contribution in [0.1, 0.15) is 5.56 Å². The van der Waals surface area contributed by atoms with Crippen LogP contribution >= 0.6 is 15.9 Å². The Morgan fingerprint density at radius 2 is 2.16 bits per heavy atom. The lowest BCUT2D eigenvalue weighted by atomic mass is 10.3. The molecule has 100 valence electrons. The molecular weight excluding hydrogens is 328 g/mol. The molecule has 4 nitrogen and oxygen atoms in total. The van der Waals surface area contributed by atoms with Crippen LogP contribution in [0.5, 0.6) is 5.75 Å². The van der Waals surface area contributed by atoms with Crippen molar-refractivity contribution in [2.24, 2.45) is 0 Å². The van der Waals surface area contributed by atoms with Crippen molar-refractivity contribution in [2.75, 3.05) is 12.8 Å². The Bertz CT molecular complexity index is 619. The van der Waals surface area contributed by atoms with Gasteiger partial charge in [-0.1, -0.05) is 0 Å². The number of hydrogen-bond donors (Lipinski definition) is 1. The summed E-state index contributed by atoms with van der Waals surface area (Å²) in [7, 11) is 0.334. The summed E-state index contributed by atoms with van der Waals surface area (Å²) < 4.78 is 18.4. The molecule has 0 aliphatic rings. The maximum Gasteiger partial charge on any atom is 0.137 e. The zero-order chi connectivity index (χ0) is 13.8. The summed E-state index contributed by atoms with van der Waals surface area (Å²) in [5.41, 5.74) is 7.16. The molecule has 19 heavy (non-hydrogen) atoms. The number of anilines is 1. The van der Waals surface area contributed by atoms with Gasteiger partial charge in [-0.15, -0.1) is 0 Å². The van der Waals surface area contributed by atoms with Crippen LogP contribution in [0.3, 0.4) is 0 Å². The molecule has 0 fully saturated rings. The number of halogens is 1. The van der Waals surface area contributed by atoms with Gasteiger partial charge in [0.1, 0.15) is 5.75 Å². The number of nitrogen functional groups attached to an aromatic ring is 1. The Hall–Kier alpha value is -1.40. The molecular formula is C13H13BrN2O2S. The van der Waals surface area contributed by atoms with E-state index in [4.69, 9.17) is 10.5 Å². The maximum atomic E-state index is 12.4. The molecule has 0 aliphatic carbocycles. The number of nitrogens with zero attached hydrogens (tertiary/aromatic N) is 1. The Morgan fingerprint density at radius 1 is 1.37 bits per heavy atom. The monoisotopic (exact) mass is 340 g/mol. The van der Waals surface area contributed by atoms with E-state index >= 15 is 0 Å². The average molecular weight is 341 g/mol. The molecule has 6 heteroatoms. The van der Waals surface area contributed by atoms with Crippen molar-refractivity contribution in [3.8, 4) is 5.75 Å². The minimum absolute atomic E-state index is 0.382. The first kappa shape index (κ1) is 14.0. The second kappa shape index (κ2) is 6.16. The quantitative estimate of drug-likeness (QED) is 0.869. The molecule has 0 saturated carbocycles. The molecule has 1 unspecified atom stereocenters. The van der Waals surface area contributed by atoms with E-state index in [1.54, 1.807) is 30.6 Å². The minimum atomic E-state index is -1.20. The molecule has 2 N–H and O–H groups in total. The summed E-state index contributed by atoms with van der Waals surface area (Å²) >= 11 is 3.34. The standard InChI is InChI=1S/C13H13BrN2O2S/c1-18-12-5-11(15)2-3-13(12)19(17)8-9-4-10(14)7-16-6-9/h2-7H,8,15H2,1H3. The van der Waals surface area contributed by atoms with Crippen molar-refractivity contribution >= 4 is 32.4 Å². The summed E-state index contributed by atoms with van der Waals surface area (Å²) in [6, 6.07) is 7.02. The lowest BCUT2D eigenvalue weighted by molar-refractivity contribution is 0.404. The highest BCUT2D eigenvalue weighted by Crippen LogP contribution is 2.26. The molecule has 0 aliphatic heterocycles. The molecule has 1 aromatic carbocycles. The first-order valence-corrected chi connectivity index (χ1v) is 7.62. The molecule has 2 rings (SSSR count). The van der Waals surface area contributed by atoms with Crippen LogP contribution in [0.4, 0.5) is 5.69 Å². The highest BCUT2D eigenvalue weighted by atomic mass is 79.9. The fraction of sp³-hybridized carbons (Fsp3) is 0.154. The van der Waals surface area contributed by atoms with Crippen molar-refractivity contribution in [1.82, 2.24) is 4.98 Å². The molecule has 0 amide bonds. The zero-order valence-corrected chi connectivity index (χ0v) is 12.7. The van der Waals surface area contributed by atoms with Gasteiger partial charge in [0.2, 0.25) is 0 Å². The van der Waals surface area contributed by atoms with Crippen LogP contribution in [0.15, 0.2) is 46.0 Å². The molecule has 2 aromatic rings. The normalized spacial score (nSPS) is 12.1. The van der Waals surface area contributed by atoms with Gasteiger partial charge < -0.3 is 10.5 Å². The molecule has 0 bridgehead atoms. The van der Waals surface area contributed by atoms with Crippen LogP contribution in [0.25, 0.3) is 0 Å². The summed E-state index contributed by atoms with van der Waals surface area (Å²) in [4.78, 5) is 4.69. The number of ether oxygens (including phenoxy) is 1. The first-order chi connectivity index (χ1) is 9.10. The molecule has 0 radical (unpaired) electrons. The topological polar surface area (TPSA) is 65.2 Å². The summed E-state index contributed by atoms with van der Waals surface area (Å²) in [5.74, 6) is 0.925. The number of nitrogens with two attached hydrogens (primary N) is 1.